The molecule has 5 heteroatoms. The van der Waals surface area contributed by atoms with E-state index in [4.69, 9.17) is 4.74 Å². The van der Waals surface area contributed by atoms with Crippen LogP contribution in [0.2, 0.25) is 0 Å². The Hall–Kier alpha value is -2.14. The average molecular weight is 370 g/mol. The zero-order valence-corrected chi connectivity index (χ0v) is 16.6. The Morgan fingerprint density at radius 2 is 2.00 bits per heavy atom. The quantitative estimate of drug-likeness (QED) is 0.775. The lowest BCUT2D eigenvalue weighted by molar-refractivity contribution is 0.0505. The summed E-state index contributed by atoms with van der Waals surface area (Å²) in [5.41, 5.74) is 2.88. The number of fused-ring (bicyclic) bond motifs is 1. The summed E-state index contributed by atoms with van der Waals surface area (Å²) in [6.07, 6.45) is 7.03. The lowest BCUT2D eigenvalue weighted by Crippen LogP contribution is -2.34. The summed E-state index contributed by atoms with van der Waals surface area (Å²) in [6.45, 7) is 4.93. The van der Waals surface area contributed by atoms with Gasteiger partial charge in [0.25, 0.3) is 0 Å². The minimum absolute atomic E-state index is 0.00838. The van der Waals surface area contributed by atoms with Gasteiger partial charge in [-0.05, 0) is 51.4 Å². The van der Waals surface area contributed by atoms with Gasteiger partial charge in [-0.15, -0.1) is 0 Å². The zero-order chi connectivity index (χ0) is 19.4. The number of H-pyrrole nitrogens is 1. The monoisotopic (exact) mass is 370 g/mol. The number of esters is 1. The molecule has 146 valence electrons. The van der Waals surface area contributed by atoms with E-state index in [1.54, 1.807) is 18.2 Å². The zero-order valence-electron chi connectivity index (χ0n) is 16.6. The number of carbonyl (C=O) groups excluding carboxylic acids is 1. The molecule has 5 nitrogen and oxygen atoms in total. The summed E-state index contributed by atoms with van der Waals surface area (Å²) in [4.78, 5) is 31.0. The van der Waals surface area contributed by atoms with E-state index in [0.29, 0.717) is 30.1 Å². The normalized spacial score (nSPS) is 15.4. The van der Waals surface area contributed by atoms with Gasteiger partial charge in [-0.25, -0.2) is 4.79 Å². The highest BCUT2D eigenvalue weighted by molar-refractivity contribution is 5.94. The third kappa shape index (κ3) is 4.41. The smallest absolute Gasteiger partial charge is 0.338 e. The maximum absolute atomic E-state index is 13.2. The number of carbonyl (C=O) groups is 1. The van der Waals surface area contributed by atoms with Crippen molar-refractivity contribution in [3.63, 3.8) is 0 Å². The second kappa shape index (κ2) is 8.70. The number of benzene rings is 1. The molecular formula is C22H30N2O3. The van der Waals surface area contributed by atoms with Gasteiger partial charge >= 0.3 is 5.97 Å². The minimum atomic E-state index is -0.375. The summed E-state index contributed by atoms with van der Waals surface area (Å²) < 4.78 is 5.20. The predicted octanol–water partition coefficient (Wildman–Crippen LogP) is 4.17. The molecule has 1 fully saturated rings. The molecule has 1 aromatic carbocycles. The third-order valence-electron chi connectivity index (χ3n) is 5.59. The highest BCUT2D eigenvalue weighted by Gasteiger charge is 2.20. The van der Waals surface area contributed by atoms with Crippen LogP contribution in [0.5, 0.6) is 0 Å². The first-order chi connectivity index (χ1) is 13.0. The van der Waals surface area contributed by atoms with E-state index < -0.39 is 0 Å². The molecule has 2 aromatic rings. The molecule has 0 aliphatic heterocycles. The lowest BCUT2D eigenvalue weighted by atomic mass is 9.94. The topological polar surface area (TPSA) is 62.4 Å². The standard InChI is InChI=1S/C22H30N2O3/c1-4-12-27-22(26)16-10-11-20-18(13-16)21(25)19(15(2)23-20)14-24(3)17-8-6-5-7-9-17/h10-11,13,17H,4-9,12,14H2,1-3H3,(H,23,25). The molecule has 0 bridgehead atoms. The summed E-state index contributed by atoms with van der Waals surface area (Å²) in [7, 11) is 2.11. The number of pyridine rings is 1. The number of nitrogens with zero attached hydrogens (tertiary/aromatic N) is 1. The van der Waals surface area contributed by atoms with E-state index in [-0.39, 0.29) is 11.4 Å². The SMILES string of the molecule is CCCOC(=O)c1ccc2[nH]c(C)c(CN(C)C3CCCCC3)c(=O)c2c1. The fourth-order valence-electron chi connectivity index (χ4n) is 3.95. The van der Waals surface area contributed by atoms with E-state index in [9.17, 15) is 9.59 Å². The molecule has 0 unspecified atom stereocenters. The van der Waals surface area contributed by atoms with Crippen molar-refractivity contribution in [3.8, 4) is 0 Å². The average Bonchev–Trinajstić information content (AvgIpc) is 2.69. The number of hydrogen-bond acceptors (Lipinski definition) is 4. The molecule has 1 aromatic heterocycles. The number of aryl methyl sites for hydroxylation is 1. The number of rotatable bonds is 6. The second-order valence-corrected chi connectivity index (χ2v) is 7.66. The first kappa shape index (κ1) is 19.6. The molecule has 27 heavy (non-hydrogen) atoms. The van der Waals surface area contributed by atoms with Gasteiger partial charge in [-0.3, -0.25) is 9.69 Å². The van der Waals surface area contributed by atoms with Crippen molar-refractivity contribution in [2.24, 2.45) is 0 Å². The summed E-state index contributed by atoms with van der Waals surface area (Å²) in [5.74, 6) is -0.375. The molecular weight excluding hydrogens is 340 g/mol. The Balaban J connectivity index is 1.91. The first-order valence-electron chi connectivity index (χ1n) is 10.0. The van der Waals surface area contributed by atoms with Gasteiger partial charge in [0.2, 0.25) is 0 Å². The number of nitrogens with one attached hydrogen (secondary N) is 1. The fourth-order valence-corrected chi connectivity index (χ4v) is 3.95. The first-order valence-corrected chi connectivity index (χ1v) is 10.0. The van der Waals surface area contributed by atoms with E-state index in [2.05, 4.69) is 16.9 Å². The predicted molar refractivity (Wildman–Crippen MR) is 108 cm³/mol. The van der Waals surface area contributed by atoms with Crippen LogP contribution in [0.15, 0.2) is 23.0 Å². The maximum Gasteiger partial charge on any atom is 0.338 e. The van der Waals surface area contributed by atoms with Crippen molar-refractivity contribution in [2.75, 3.05) is 13.7 Å². The molecule has 1 saturated carbocycles. The fraction of sp³-hybridized carbons (Fsp3) is 0.545. The molecule has 1 heterocycles. The van der Waals surface area contributed by atoms with Crippen molar-refractivity contribution in [1.82, 2.24) is 9.88 Å². The number of ether oxygens (including phenoxy) is 1. The van der Waals surface area contributed by atoms with Gasteiger partial charge < -0.3 is 9.72 Å². The summed E-state index contributed by atoms with van der Waals surface area (Å²) in [6, 6.07) is 5.71. The number of aromatic amines is 1. The third-order valence-corrected chi connectivity index (χ3v) is 5.59. The van der Waals surface area contributed by atoms with Crippen molar-refractivity contribution < 1.29 is 9.53 Å². The van der Waals surface area contributed by atoms with Crippen LogP contribution in [-0.2, 0) is 11.3 Å². The largest absolute Gasteiger partial charge is 0.462 e. The van der Waals surface area contributed by atoms with Gasteiger partial charge in [0, 0.05) is 34.7 Å². The molecule has 1 N–H and O–H groups in total. The van der Waals surface area contributed by atoms with Crippen LogP contribution in [-0.4, -0.2) is 35.5 Å². The molecule has 1 aliphatic carbocycles. The Kier molecular flexibility index (Phi) is 6.32. The van der Waals surface area contributed by atoms with Crippen LogP contribution in [0.1, 0.15) is 67.1 Å². The molecule has 1 aliphatic rings. The van der Waals surface area contributed by atoms with Gasteiger partial charge in [-0.1, -0.05) is 26.2 Å². The van der Waals surface area contributed by atoms with Gasteiger partial charge in [0.1, 0.15) is 0 Å². The van der Waals surface area contributed by atoms with Crippen molar-refractivity contribution >= 4 is 16.9 Å². The van der Waals surface area contributed by atoms with Crippen LogP contribution >= 0.6 is 0 Å². The van der Waals surface area contributed by atoms with Crippen molar-refractivity contribution in [1.29, 1.82) is 0 Å². The molecule has 0 spiro atoms. The summed E-state index contributed by atoms with van der Waals surface area (Å²) >= 11 is 0. The van der Waals surface area contributed by atoms with Crippen LogP contribution in [0.4, 0.5) is 0 Å². The molecule has 3 rings (SSSR count). The minimum Gasteiger partial charge on any atom is -0.462 e. The Bertz CT molecular complexity index is 866. The van der Waals surface area contributed by atoms with Crippen molar-refractivity contribution in [3.05, 3.63) is 45.2 Å². The van der Waals surface area contributed by atoms with Crippen molar-refractivity contribution in [2.45, 2.75) is 65.0 Å². The second-order valence-electron chi connectivity index (χ2n) is 7.66. The maximum atomic E-state index is 13.2. The highest BCUT2D eigenvalue weighted by Crippen LogP contribution is 2.23. The van der Waals surface area contributed by atoms with E-state index in [0.717, 1.165) is 23.2 Å². The van der Waals surface area contributed by atoms with Crippen LogP contribution < -0.4 is 5.43 Å². The summed E-state index contributed by atoms with van der Waals surface area (Å²) in [5, 5.41) is 0.554. The number of hydrogen-bond donors (Lipinski definition) is 1. The molecule has 0 amide bonds. The molecule has 0 radical (unpaired) electrons. The van der Waals surface area contributed by atoms with Crippen LogP contribution in [0, 0.1) is 6.92 Å². The Labute approximate surface area is 160 Å². The molecule has 0 saturated heterocycles. The number of aromatic nitrogens is 1. The van der Waals surface area contributed by atoms with E-state index in [1.165, 1.54) is 32.1 Å². The molecule has 0 atom stereocenters. The van der Waals surface area contributed by atoms with Crippen LogP contribution in [0.25, 0.3) is 10.9 Å². The highest BCUT2D eigenvalue weighted by atomic mass is 16.5. The lowest BCUT2D eigenvalue weighted by Gasteiger charge is -2.31. The Morgan fingerprint density at radius 1 is 1.26 bits per heavy atom. The van der Waals surface area contributed by atoms with Gasteiger partial charge in [0.15, 0.2) is 5.43 Å². The Morgan fingerprint density at radius 3 is 2.70 bits per heavy atom. The van der Waals surface area contributed by atoms with Gasteiger partial charge in [0.05, 0.1) is 12.2 Å². The van der Waals surface area contributed by atoms with E-state index in [1.807, 2.05) is 13.8 Å². The van der Waals surface area contributed by atoms with Crippen LogP contribution in [0.3, 0.4) is 0 Å². The van der Waals surface area contributed by atoms with Gasteiger partial charge in [-0.2, -0.15) is 0 Å². The van der Waals surface area contributed by atoms with E-state index >= 15 is 0 Å².